The summed E-state index contributed by atoms with van der Waals surface area (Å²) in [4.78, 5) is 28.9. The van der Waals surface area contributed by atoms with Crippen molar-refractivity contribution in [2.75, 3.05) is 18.0 Å². The van der Waals surface area contributed by atoms with Gasteiger partial charge in [-0.15, -0.1) is 0 Å². The molecule has 0 saturated heterocycles. The van der Waals surface area contributed by atoms with Gasteiger partial charge in [0.15, 0.2) is 5.70 Å². The molecule has 0 unspecified atom stereocenters. The Morgan fingerprint density at radius 2 is 1.85 bits per heavy atom. The summed E-state index contributed by atoms with van der Waals surface area (Å²) in [5.74, 6) is -0.515. The van der Waals surface area contributed by atoms with E-state index >= 15 is 0 Å². The van der Waals surface area contributed by atoms with Gasteiger partial charge in [-0.1, -0.05) is 18.2 Å². The molecule has 7 heteroatoms. The molecular formula is C20H19N3O4. The number of esters is 1. The highest BCUT2D eigenvalue weighted by Crippen LogP contribution is 2.22. The second kappa shape index (κ2) is 7.82. The lowest BCUT2D eigenvalue weighted by Gasteiger charge is -2.20. The lowest BCUT2D eigenvalue weighted by molar-refractivity contribution is -0.384. The summed E-state index contributed by atoms with van der Waals surface area (Å²) < 4.78 is 5.18. The minimum Gasteiger partial charge on any atom is -0.402 e. The first-order chi connectivity index (χ1) is 13.0. The third-order valence-electron chi connectivity index (χ3n) is 4.25. The van der Waals surface area contributed by atoms with Crippen LogP contribution < -0.4 is 4.90 Å². The number of nitro benzene ring substituents is 1. The molecule has 7 nitrogen and oxygen atoms in total. The maximum atomic E-state index is 12.1. The molecule has 0 atom stereocenters. The van der Waals surface area contributed by atoms with Crippen LogP contribution in [0.25, 0.3) is 6.08 Å². The van der Waals surface area contributed by atoms with Gasteiger partial charge < -0.3 is 9.64 Å². The van der Waals surface area contributed by atoms with Gasteiger partial charge in [0.2, 0.25) is 5.90 Å². The summed E-state index contributed by atoms with van der Waals surface area (Å²) in [6.07, 6.45) is 1.64. The van der Waals surface area contributed by atoms with Crippen LogP contribution in [0.2, 0.25) is 0 Å². The van der Waals surface area contributed by atoms with E-state index in [9.17, 15) is 14.9 Å². The summed E-state index contributed by atoms with van der Waals surface area (Å²) in [5, 5.41) is 10.9. The van der Waals surface area contributed by atoms with Crippen LogP contribution in [0.3, 0.4) is 0 Å². The zero-order valence-electron chi connectivity index (χ0n) is 15.1. The van der Waals surface area contributed by atoms with E-state index in [0.29, 0.717) is 5.56 Å². The second-order valence-electron chi connectivity index (χ2n) is 5.91. The Labute approximate surface area is 156 Å². The number of nitrogens with zero attached hydrogens (tertiary/aromatic N) is 3. The molecular weight excluding hydrogens is 346 g/mol. The monoisotopic (exact) mass is 365 g/mol. The Morgan fingerprint density at radius 1 is 1.15 bits per heavy atom. The molecule has 1 aliphatic rings. The number of nitro groups is 1. The molecule has 0 N–H and O–H groups in total. The zero-order chi connectivity index (χ0) is 19.4. The molecule has 0 bridgehead atoms. The van der Waals surface area contributed by atoms with Crippen LogP contribution in [0.4, 0.5) is 11.4 Å². The van der Waals surface area contributed by atoms with Crippen LogP contribution in [0.15, 0.2) is 59.2 Å². The topological polar surface area (TPSA) is 85.0 Å². The molecule has 3 rings (SSSR count). The predicted octanol–water partition coefficient (Wildman–Crippen LogP) is 3.79. The average molecular weight is 365 g/mol. The van der Waals surface area contributed by atoms with Crippen molar-refractivity contribution < 1.29 is 14.5 Å². The van der Waals surface area contributed by atoms with Gasteiger partial charge in [0.05, 0.1) is 4.92 Å². The Hall–Kier alpha value is -3.48. The number of carbonyl (C=O) groups is 1. The molecule has 0 radical (unpaired) electrons. The molecule has 138 valence electrons. The first kappa shape index (κ1) is 18.3. The van der Waals surface area contributed by atoms with E-state index in [1.165, 1.54) is 18.2 Å². The van der Waals surface area contributed by atoms with Gasteiger partial charge in [-0.3, -0.25) is 10.1 Å². The lowest BCUT2D eigenvalue weighted by Crippen LogP contribution is -2.21. The number of aliphatic imine (C=N–C) groups is 1. The number of rotatable bonds is 6. The molecule has 2 aromatic rings. The fraction of sp³-hybridized carbons (Fsp3) is 0.200. The number of anilines is 1. The largest absolute Gasteiger partial charge is 0.402 e. The summed E-state index contributed by atoms with van der Waals surface area (Å²) in [6, 6.07) is 13.6. The van der Waals surface area contributed by atoms with Gasteiger partial charge >= 0.3 is 5.97 Å². The molecule has 2 aromatic carbocycles. The zero-order valence-corrected chi connectivity index (χ0v) is 15.1. The third kappa shape index (κ3) is 4.03. The van der Waals surface area contributed by atoms with Crippen molar-refractivity contribution in [1.82, 2.24) is 0 Å². The van der Waals surface area contributed by atoms with E-state index in [1.54, 1.807) is 12.1 Å². The van der Waals surface area contributed by atoms with Crippen molar-refractivity contribution in [2.45, 2.75) is 13.8 Å². The number of non-ortho nitro benzene ring substituents is 1. The molecule has 0 aliphatic carbocycles. The van der Waals surface area contributed by atoms with E-state index in [-0.39, 0.29) is 17.3 Å². The Balaban J connectivity index is 1.85. The van der Waals surface area contributed by atoms with Gasteiger partial charge in [-0.25, -0.2) is 9.79 Å². The first-order valence-corrected chi connectivity index (χ1v) is 8.64. The van der Waals surface area contributed by atoms with Gasteiger partial charge in [0, 0.05) is 36.5 Å². The predicted molar refractivity (Wildman–Crippen MR) is 104 cm³/mol. The van der Waals surface area contributed by atoms with E-state index in [4.69, 9.17) is 4.74 Å². The molecule has 0 spiro atoms. The highest BCUT2D eigenvalue weighted by atomic mass is 16.6. The number of benzene rings is 2. The van der Waals surface area contributed by atoms with Crippen LogP contribution >= 0.6 is 0 Å². The van der Waals surface area contributed by atoms with Gasteiger partial charge in [-0.2, -0.15) is 0 Å². The average Bonchev–Trinajstić information content (AvgIpc) is 3.04. The number of ether oxygens (including phenoxy) is 1. The maximum Gasteiger partial charge on any atom is 0.363 e. The molecule has 0 saturated carbocycles. The van der Waals surface area contributed by atoms with E-state index < -0.39 is 10.9 Å². The molecule has 0 fully saturated rings. The number of hydrogen-bond donors (Lipinski definition) is 0. The summed E-state index contributed by atoms with van der Waals surface area (Å²) >= 11 is 0. The number of carbonyl (C=O) groups excluding carboxylic acids is 1. The van der Waals surface area contributed by atoms with E-state index in [2.05, 4.69) is 23.7 Å². The van der Waals surface area contributed by atoms with Gasteiger partial charge in [-0.05, 0) is 43.7 Å². The fourth-order valence-corrected chi connectivity index (χ4v) is 2.81. The maximum absolute atomic E-state index is 12.1. The molecule has 0 amide bonds. The third-order valence-corrected chi connectivity index (χ3v) is 4.25. The summed E-state index contributed by atoms with van der Waals surface area (Å²) in [5.41, 5.74) is 2.39. The summed E-state index contributed by atoms with van der Waals surface area (Å²) in [7, 11) is 0. The number of cyclic esters (lactones) is 1. The van der Waals surface area contributed by atoms with Crippen molar-refractivity contribution >= 4 is 29.3 Å². The van der Waals surface area contributed by atoms with Crippen molar-refractivity contribution in [3.05, 3.63) is 75.5 Å². The molecule has 1 aliphatic heterocycles. The highest BCUT2D eigenvalue weighted by molar-refractivity contribution is 6.13. The van der Waals surface area contributed by atoms with Crippen molar-refractivity contribution in [1.29, 1.82) is 0 Å². The second-order valence-corrected chi connectivity index (χ2v) is 5.91. The lowest BCUT2D eigenvalue weighted by atomic mass is 10.1. The highest BCUT2D eigenvalue weighted by Gasteiger charge is 2.25. The standard InChI is InChI=1S/C20H19N3O4/c1-3-22(4-2)16-10-8-14(9-11-16)12-18-20(24)27-19(21-18)15-6-5-7-17(13-15)23(25)26/h5-13H,3-4H2,1-2H3/b18-12+. The van der Waals surface area contributed by atoms with Crippen LogP contribution in [-0.2, 0) is 9.53 Å². The van der Waals surface area contributed by atoms with Crippen molar-refractivity contribution in [3.8, 4) is 0 Å². The quantitative estimate of drug-likeness (QED) is 0.336. The molecule has 0 aromatic heterocycles. The normalized spacial score (nSPS) is 14.8. The minimum atomic E-state index is -0.579. The van der Waals surface area contributed by atoms with Crippen molar-refractivity contribution in [3.63, 3.8) is 0 Å². The minimum absolute atomic E-state index is 0.0645. The number of hydrogen-bond acceptors (Lipinski definition) is 6. The smallest absolute Gasteiger partial charge is 0.363 e. The Morgan fingerprint density at radius 3 is 2.48 bits per heavy atom. The molecule has 1 heterocycles. The van der Waals surface area contributed by atoms with Gasteiger partial charge in [0.1, 0.15) is 0 Å². The van der Waals surface area contributed by atoms with Crippen LogP contribution in [0, 0.1) is 10.1 Å². The van der Waals surface area contributed by atoms with Gasteiger partial charge in [0.25, 0.3) is 5.69 Å². The molecule has 27 heavy (non-hydrogen) atoms. The Bertz CT molecular complexity index is 928. The van der Waals surface area contributed by atoms with E-state index in [0.717, 1.165) is 24.3 Å². The van der Waals surface area contributed by atoms with Crippen LogP contribution in [0.5, 0.6) is 0 Å². The van der Waals surface area contributed by atoms with Crippen LogP contribution in [0.1, 0.15) is 25.0 Å². The first-order valence-electron chi connectivity index (χ1n) is 8.64. The van der Waals surface area contributed by atoms with Crippen molar-refractivity contribution in [2.24, 2.45) is 4.99 Å². The summed E-state index contributed by atoms with van der Waals surface area (Å²) in [6.45, 7) is 6.02. The SMILES string of the molecule is CCN(CC)c1ccc(/C=C2/N=C(c3cccc([N+](=O)[O-])c3)OC2=O)cc1. The Kier molecular flexibility index (Phi) is 5.30. The van der Waals surface area contributed by atoms with E-state index in [1.807, 2.05) is 24.3 Å². The fourth-order valence-electron chi connectivity index (χ4n) is 2.81. The van der Waals surface area contributed by atoms with Crippen LogP contribution in [-0.4, -0.2) is 29.9 Å².